The van der Waals surface area contributed by atoms with Crippen molar-refractivity contribution >= 4 is 61.5 Å². The van der Waals surface area contributed by atoms with Gasteiger partial charge in [-0.2, -0.15) is 27.0 Å². The number of thioether (sulfide) groups is 1. The molecule has 0 aliphatic rings. The highest BCUT2D eigenvalue weighted by atomic mass is 32.2. The zero-order chi connectivity index (χ0) is 31.0. The Kier molecular flexibility index (Phi) is 10.7. The molecule has 0 bridgehead atoms. The van der Waals surface area contributed by atoms with Crippen molar-refractivity contribution in [2.24, 2.45) is 5.11 Å². The predicted octanol–water partition coefficient (Wildman–Crippen LogP) is 7.50. The highest BCUT2D eigenvalue weighted by Crippen LogP contribution is 2.48. The molecule has 0 spiro atoms. The minimum absolute atomic E-state index is 0.0531. The molecule has 0 saturated carbocycles. The molecule has 43 heavy (non-hydrogen) atoms. The summed E-state index contributed by atoms with van der Waals surface area (Å²) in [6, 6.07) is 12.7. The van der Waals surface area contributed by atoms with Crippen molar-refractivity contribution in [3.8, 4) is 23.6 Å². The number of azide groups is 1. The van der Waals surface area contributed by atoms with Crippen LogP contribution >= 0.6 is 42.0 Å². The van der Waals surface area contributed by atoms with Crippen LogP contribution in [0.15, 0.2) is 57.9 Å². The van der Waals surface area contributed by atoms with Crippen molar-refractivity contribution < 1.29 is 30.8 Å². The van der Waals surface area contributed by atoms with E-state index in [1.807, 2.05) is 6.07 Å². The molecule has 0 atom stereocenters. The van der Waals surface area contributed by atoms with Crippen LogP contribution in [0.2, 0.25) is 0 Å². The van der Waals surface area contributed by atoms with E-state index < -0.39 is 35.5 Å². The molecule has 0 saturated heterocycles. The van der Waals surface area contributed by atoms with E-state index in [4.69, 9.17) is 25.1 Å². The third-order valence-electron chi connectivity index (χ3n) is 5.41. The van der Waals surface area contributed by atoms with Gasteiger partial charge in [0.05, 0.1) is 11.1 Å². The zero-order valence-corrected chi connectivity index (χ0v) is 25.9. The van der Waals surface area contributed by atoms with Crippen molar-refractivity contribution in [2.75, 3.05) is 18.6 Å². The Hall–Kier alpha value is -3.66. The molecular weight excluding hydrogens is 662 g/mol. The molecule has 0 unspecified atom stereocenters. The maximum atomic E-state index is 14.2. The fourth-order valence-electron chi connectivity index (χ4n) is 3.45. The number of sulfonamides is 1. The standard InChI is InChI=1S/C25H19F2N6O5PS4/c26-21-8-18(4-2-16(21)12-28)37-39(34,38-19-5-3-17(13-29)22(27)9-19)15-32-43(35,36)25-11-24-23(42-25)10-20(41-24)14-40-7-1-6-31-33-30/h2-5,8-11,32H,1,6-7,14-15H2. The topological polar surface area (TPSA) is 178 Å². The van der Waals surface area contributed by atoms with Gasteiger partial charge in [0.25, 0.3) is 10.0 Å². The second-order valence-electron chi connectivity index (χ2n) is 8.47. The number of benzene rings is 2. The first-order chi connectivity index (χ1) is 20.6. The number of halogens is 2. The van der Waals surface area contributed by atoms with Gasteiger partial charge >= 0.3 is 7.60 Å². The first-order valence-electron chi connectivity index (χ1n) is 12.0. The molecule has 1 N–H and O–H groups in total. The van der Waals surface area contributed by atoms with E-state index in [2.05, 4.69) is 14.7 Å². The molecule has 2 aromatic heterocycles. The third-order valence-corrected chi connectivity index (χ3v) is 12.6. The normalized spacial score (nSPS) is 11.4. The van der Waals surface area contributed by atoms with Gasteiger partial charge in [-0.25, -0.2) is 21.8 Å². The first kappa shape index (κ1) is 32.3. The van der Waals surface area contributed by atoms with E-state index in [-0.39, 0.29) is 26.8 Å². The van der Waals surface area contributed by atoms with Gasteiger partial charge < -0.3 is 9.05 Å². The predicted molar refractivity (Wildman–Crippen MR) is 161 cm³/mol. The van der Waals surface area contributed by atoms with Crippen molar-refractivity contribution in [3.05, 3.63) is 86.6 Å². The highest BCUT2D eigenvalue weighted by molar-refractivity contribution is 7.98. The molecule has 222 valence electrons. The Morgan fingerprint density at radius 1 is 1.00 bits per heavy atom. The molecular formula is C25H19F2N6O5PS4. The Labute approximate surface area is 256 Å². The molecule has 0 amide bonds. The van der Waals surface area contributed by atoms with Crippen LogP contribution in [-0.2, 0) is 20.3 Å². The Balaban J connectivity index is 1.51. The lowest BCUT2D eigenvalue weighted by molar-refractivity contribution is 0.382. The molecule has 0 aliphatic carbocycles. The van der Waals surface area contributed by atoms with Crippen LogP contribution in [-0.4, -0.2) is 27.0 Å². The van der Waals surface area contributed by atoms with Crippen molar-refractivity contribution in [1.82, 2.24) is 4.72 Å². The van der Waals surface area contributed by atoms with Gasteiger partial charge in [-0.15, -0.1) is 22.7 Å². The molecule has 11 nitrogen and oxygen atoms in total. The molecule has 18 heteroatoms. The number of hydrogen-bond donors (Lipinski definition) is 1. The molecule has 0 radical (unpaired) electrons. The van der Waals surface area contributed by atoms with Crippen molar-refractivity contribution in [1.29, 1.82) is 10.5 Å². The maximum absolute atomic E-state index is 14.2. The summed E-state index contributed by atoms with van der Waals surface area (Å²) in [4.78, 5) is 3.76. The van der Waals surface area contributed by atoms with Crippen molar-refractivity contribution in [3.63, 3.8) is 0 Å². The summed E-state index contributed by atoms with van der Waals surface area (Å²) in [7, 11) is -8.76. The Bertz CT molecular complexity index is 1850. The van der Waals surface area contributed by atoms with Crippen LogP contribution in [0.1, 0.15) is 22.4 Å². The zero-order valence-electron chi connectivity index (χ0n) is 21.8. The fraction of sp³-hybridized carbons (Fsp3) is 0.200. The van der Waals surface area contributed by atoms with Gasteiger partial charge in [0.15, 0.2) is 0 Å². The second kappa shape index (κ2) is 14.2. The largest absolute Gasteiger partial charge is 0.445 e. The van der Waals surface area contributed by atoms with Crippen molar-refractivity contribution in [2.45, 2.75) is 16.4 Å². The number of nitriles is 2. The van der Waals surface area contributed by atoms with Crippen LogP contribution in [0.4, 0.5) is 8.78 Å². The summed E-state index contributed by atoms with van der Waals surface area (Å²) in [5.74, 6) is -1.07. The molecule has 4 aromatic rings. The van der Waals surface area contributed by atoms with Gasteiger partial charge in [-0.05, 0) is 54.1 Å². The maximum Gasteiger partial charge on any atom is 0.445 e. The van der Waals surface area contributed by atoms with Crippen LogP contribution in [0.5, 0.6) is 11.5 Å². The van der Waals surface area contributed by atoms with Crippen LogP contribution < -0.4 is 13.8 Å². The lowest BCUT2D eigenvalue weighted by atomic mass is 10.2. The average molecular weight is 681 g/mol. The monoisotopic (exact) mass is 680 g/mol. The van der Waals surface area contributed by atoms with Crippen LogP contribution in [0.3, 0.4) is 0 Å². The summed E-state index contributed by atoms with van der Waals surface area (Å²) < 4.78 is 82.8. The second-order valence-corrected chi connectivity index (χ2v) is 15.7. The smallest absolute Gasteiger partial charge is 0.415 e. The van der Waals surface area contributed by atoms with Gasteiger partial charge in [0.2, 0.25) is 0 Å². The van der Waals surface area contributed by atoms with Gasteiger partial charge in [-0.1, -0.05) is 5.11 Å². The lowest BCUT2D eigenvalue weighted by Gasteiger charge is -2.20. The number of rotatable bonds is 14. The minimum Gasteiger partial charge on any atom is -0.415 e. The molecule has 2 aromatic carbocycles. The number of nitrogens with zero attached hydrogens (tertiary/aromatic N) is 5. The summed E-state index contributed by atoms with van der Waals surface area (Å²) >= 11 is 4.11. The van der Waals surface area contributed by atoms with Crippen LogP contribution in [0, 0.1) is 34.3 Å². The highest BCUT2D eigenvalue weighted by Gasteiger charge is 2.32. The summed E-state index contributed by atoms with van der Waals surface area (Å²) in [6.45, 7) is 0.426. The van der Waals surface area contributed by atoms with Gasteiger partial charge in [-0.3, -0.25) is 0 Å². The quantitative estimate of drug-likeness (QED) is 0.0467. The van der Waals surface area contributed by atoms with Crippen LogP contribution in [0.25, 0.3) is 19.8 Å². The number of hydrogen-bond acceptors (Lipinski definition) is 11. The van der Waals surface area contributed by atoms with E-state index >= 15 is 0 Å². The van der Waals surface area contributed by atoms with E-state index in [1.54, 1.807) is 23.9 Å². The fourth-order valence-corrected chi connectivity index (χ4v) is 10.4. The minimum atomic E-state index is -4.53. The summed E-state index contributed by atoms with van der Waals surface area (Å²) in [5.41, 5.74) is 7.71. The first-order valence-corrected chi connectivity index (χ1v) is 18.0. The molecule has 0 aliphatic heterocycles. The number of fused-ring (bicyclic) bond motifs is 1. The van der Waals surface area contributed by atoms with E-state index in [0.717, 1.165) is 74.2 Å². The SMILES string of the molecule is N#Cc1ccc(OP(=O)(CNS(=O)(=O)c2cc3sc(CSCCCN=[N+]=[N-])cc3s2)Oc2ccc(C#N)c(F)c2)cc1F. The molecule has 4 rings (SSSR count). The van der Waals surface area contributed by atoms with Gasteiger partial charge in [0, 0.05) is 43.6 Å². The van der Waals surface area contributed by atoms with E-state index in [0.29, 0.717) is 12.3 Å². The summed E-state index contributed by atoms with van der Waals surface area (Å²) in [6.07, 6.45) is -0.165. The summed E-state index contributed by atoms with van der Waals surface area (Å²) in [5, 5.41) is 21.4. The molecule has 2 heterocycles. The lowest BCUT2D eigenvalue weighted by Crippen LogP contribution is -2.26. The average Bonchev–Trinajstić information content (AvgIpc) is 3.54. The van der Waals surface area contributed by atoms with E-state index in [1.165, 1.54) is 17.4 Å². The Morgan fingerprint density at radius 3 is 2.14 bits per heavy atom. The third kappa shape index (κ3) is 8.46. The molecule has 0 fully saturated rings. The van der Waals surface area contributed by atoms with Gasteiger partial charge in [0.1, 0.15) is 45.8 Å². The number of nitrogens with one attached hydrogen (secondary N) is 1. The number of thiophene rings is 2. The van der Waals surface area contributed by atoms with E-state index in [9.17, 15) is 21.8 Å². The Morgan fingerprint density at radius 2 is 1.60 bits per heavy atom.